The van der Waals surface area contributed by atoms with Crippen LogP contribution in [-0.2, 0) is 11.0 Å². The Morgan fingerprint density at radius 3 is 2.77 bits per heavy atom. The number of hydrogen-bond acceptors (Lipinski definition) is 7. The van der Waals surface area contributed by atoms with E-state index in [0.29, 0.717) is 35.8 Å². The van der Waals surface area contributed by atoms with Gasteiger partial charge >= 0.3 is 6.18 Å². The van der Waals surface area contributed by atoms with Crippen LogP contribution in [-0.4, -0.2) is 57.5 Å². The Bertz CT molecular complexity index is 1660. The number of pyridine rings is 1. The number of carbonyl (C=O) groups excluding carboxylic acids is 2. The molecule has 2 aromatic rings. The van der Waals surface area contributed by atoms with Gasteiger partial charge in [-0.2, -0.15) is 24.0 Å². The van der Waals surface area contributed by atoms with Crippen LogP contribution in [0.25, 0.3) is 0 Å². The molecule has 6 rings (SSSR count). The molecule has 4 aliphatic heterocycles. The molecule has 0 bridgehead atoms. The van der Waals surface area contributed by atoms with Gasteiger partial charge in [0.15, 0.2) is 0 Å². The average Bonchev–Trinajstić information content (AvgIpc) is 3.41. The zero-order chi connectivity index (χ0) is 31.4. The Morgan fingerprint density at radius 2 is 2.02 bits per heavy atom. The third kappa shape index (κ3) is 5.09. The molecule has 4 aliphatic rings. The second-order valence-electron chi connectivity index (χ2n) is 12.1. The number of hydrogen-bond donors (Lipinski definition) is 2. The van der Waals surface area contributed by atoms with Crippen molar-refractivity contribution in [2.45, 2.75) is 52.3 Å². The van der Waals surface area contributed by atoms with Gasteiger partial charge in [0.05, 0.1) is 24.6 Å². The summed E-state index contributed by atoms with van der Waals surface area (Å²) >= 11 is 0. The van der Waals surface area contributed by atoms with Gasteiger partial charge in [-0.3, -0.25) is 14.6 Å². The number of nitrogens with zero attached hydrogens (tertiary/aromatic N) is 5. The van der Waals surface area contributed by atoms with E-state index in [2.05, 4.69) is 29.1 Å². The van der Waals surface area contributed by atoms with E-state index in [9.17, 15) is 22.8 Å². The molecular weight excluding hydrogens is 575 g/mol. The quantitative estimate of drug-likeness (QED) is 0.353. The first kappa shape index (κ1) is 29.7. The molecule has 3 N–H and O–H groups in total. The highest BCUT2D eigenvalue weighted by Gasteiger charge is 2.52. The Labute approximate surface area is 252 Å². The topological polar surface area (TPSA) is 122 Å². The maximum Gasteiger partial charge on any atom is 0.416 e. The number of carbonyl (C=O) groups is 2. The smallest absolute Gasteiger partial charge is 0.416 e. The van der Waals surface area contributed by atoms with Gasteiger partial charge in [-0.1, -0.05) is 13.8 Å². The summed E-state index contributed by atoms with van der Waals surface area (Å²) in [6.07, 6.45) is 3.63. The number of nitrogens with one attached hydrogen (secondary N) is 1. The molecule has 2 saturated heterocycles. The molecule has 1 aromatic heterocycles. The SMILES string of the molecule is CCOc1cc(C(=O)Nc2cc(C(F)(F)F)ccn2)ccc1C1=NC([C@@H]2CC[C@@H]3N(C2)C(=O)CC3(C)C)=C2C=NC=C[N+]12N. The fourth-order valence-corrected chi connectivity index (χ4v) is 6.57. The highest BCUT2D eigenvalue weighted by Crippen LogP contribution is 2.46. The summed E-state index contributed by atoms with van der Waals surface area (Å²) in [6.45, 7) is 6.88. The fourth-order valence-electron chi connectivity index (χ4n) is 6.57. The monoisotopic (exact) mass is 608 g/mol. The van der Waals surface area contributed by atoms with Crippen molar-refractivity contribution in [1.82, 2.24) is 9.88 Å². The van der Waals surface area contributed by atoms with Gasteiger partial charge in [-0.05, 0) is 55.5 Å². The minimum Gasteiger partial charge on any atom is -0.493 e. The van der Waals surface area contributed by atoms with Crippen LogP contribution in [0.1, 0.15) is 61.5 Å². The van der Waals surface area contributed by atoms with Crippen LogP contribution >= 0.6 is 0 Å². The Balaban J connectivity index is 1.32. The number of ether oxygens (including phenoxy) is 1. The lowest BCUT2D eigenvalue weighted by atomic mass is 9.78. The minimum atomic E-state index is -4.57. The van der Waals surface area contributed by atoms with Crippen molar-refractivity contribution < 1.29 is 32.1 Å². The van der Waals surface area contributed by atoms with Crippen molar-refractivity contribution in [1.29, 1.82) is 0 Å². The molecule has 0 saturated carbocycles. The zero-order valence-corrected chi connectivity index (χ0v) is 24.6. The van der Waals surface area contributed by atoms with Gasteiger partial charge in [-0.15, -0.1) is 4.59 Å². The number of allylic oxidation sites excluding steroid dienone is 1. The molecule has 5 heterocycles. The van der Waals surface area contributed by atoms with E-state index in [-0.39, 0.29) is 45.9 Å². The summed E-state index contributed by atoms with van der Waals surface area (Å²) < 4.78 is 45.1. The lowest BCUT2D eigenvalue weighted by Crippen LogP contribution is -2.53. The normalized spacial score (nSPS) is 25.6. The third-order valence-electron chi connectivity index (χ3n) is 8.73. The summed E-state index contributed by atoms with van der Waals surface area (Å²) in [7, 11) is 0. The fraction of sp³-hybridized carbons (Fsp3) is 0.387. The van der Waals surface area contributed by atoms with Gasteiger partial charge in [0, 0.05) is 36.7 Å². The molecule has 10 nitrogen and oxygen atoms in total. The van der Waals surface area contributed by atoms with Crippen molar-refractivity contribution in [2.24, 2.45) is 27.2 Å². The molecule has 1 aromatic carbocycles. The number of anilines is 1. The number of fused-ring (bicyclic) bond motifs is 2. The zero-order valence-electron chi connectivity index (χ0n) is 24.6. The van der Waals surface area contributed by atoms with E-state index in [1.54, 1.807) is 31.6 Å². The van der Waals surface area contributed by atoms with Gasteiger partial charge in [0.1, 0.15) is 29.0 Å². The summed E-state index contributed by atoms with van der Waals surface area (Å²) in [5, 5.41) is 2.43. The molecule has 3 atom stereocenters. The Hall–Kier alpha value is -4.36. The number of benzene rings is 1. The second-order valence-corrected chi connectivity index (χ2v) is 12.1. The predicted molar refractivity (Wildman–Crippen MR) is 157 cm³/mol. The van der Waals surface area contributed by atoms with Gasteiger partial charge in [-0.25, -0.2) is 4.98 Å². The number of nitrogens with two attached hydrogens (primary N) is 1. The Kier molecular flexibility index (Phi) is 7.20. The average molecular weight is 609 g/mol. The highest BCUT2D eigenvalue weighted by atomic mass is 19.4. The van der Waals surface area contributed by atoms with E-state index in [1.807, 2.05) is 4.90 Å². The van der Waals surface area contributed by atoms with Crippen LogP contribution in [0.5, 0.6) is 5.75 Å². The van der Waals surface area contributed by atoms with Gasteiger partial charge in [0.25, 0.3) is 11.7 Å². The molecule has 13 heteroatoms. The van der Waals surface area contributed by atoms with Crippen LogP contribution in [0, 0.1) is 11.3 Å². The lowest BCUT2D eigenvalue weighted by molar-refractivity contribution is -0.750. The van der Waals surface area contributed by atoms with E-state index in [1.165, 1.54) is 12.1 Å². The first-order valence-electron chi connectivity index (χ1n) is 14.5. The standard InChI is InChI=1S/C31H32F3N7O3/c1-4-44-23-13-18(29(43)38-25-14-20(9-10-37-25)31(32,33)34)5-7-21(23)28-39-27(22-16-36-11-12-41(22,28)35)19-6-8-24-30(2,3)15-26(42)40(24)17-19/h5,7,9-14,16,19,24H,4,6,8,15,17,35H2,1-3H3/p+1/t19-,24+,41?/m1/s1. The summed E-state index contributed by atoms with van der Waals surface area (Å²) in [5.41, 5.74) is 1.14. The third-order valence-corrected chi connectivity index (χ3v) is 8.73. The van der Waals surface area contributed by atoms with Crippen LogP contribution in [0.2, 0.25) is 0 Å². The Morgan fingerprint density at radius 1 is 1.23 bits per heavy atom. The van der Waals surface area contributed by atoms with Crippen molar-refractivity contribution in [3.8, 4) is 5.75 Å². The van der Waals surface area contributed by atoms with E-state index >= 15 is 0 Å². The molecule has 0 spiro atoms. The van der Waals surface area contributed by atoms with E-state index < -0.39 is 17.6 Å². The number of quaternary nitrogens is 1. The summed E-state index contributed by atoms with van der Waals surface area (Å²) in [5.74, 6) is 6.99. The molecule has 2 amide bonds. The molecule has 2 fully saturated rings. The van der Waals surface area contributed by atoms with Crippen LogP contribution in [0.4, 0.5) is 19.0 Å². The van der Waals surface area contributed by atoms with E-state index in [4.69, 9.17) is 15.6 Å². The first-order valence-corrected chi connectivity index (χ1v) is 14.5. The maximum absolute atomic E-state index is 13.1. The van der Waals surface area contributed by atoms with Gasteiger partial charge < -0.3 is 15.0 Å². The number of alkyl halides is 3. The second kappa shape index (κ2) is 10.7. The van der Waals surface area contributed by atoms with Gasteiger partial charge in [0.2, 0.25) is 11.6 Å². The van der Waals surface area contributed by atoms with Crippen LogP contribution in [0.3, 0.4) is 0 Å². The number of aliphatic imine (C=N–C) groups is 2. The van der Waals surface area contributed by atoms with Crippen molar-refractivity contribution in [3.63, 3.8) is 0 Å². The molecule has 230 valence electrons. The first-order chi connectivity index (χ1) is 20.8. The minimum absolute atomic E-state index is 0.0452. The molecular formula is C31H33F3N7O3+. The highest BCUT2D eigenvalue weighted by molar-refractivity contribution is 6.07. The van der Waals surface area contributed by atoms with Crippen molar-refractivity contribution in [2.75, 3.05) is 18.5 Å². The number of amides is 2. The molecule has 0 radical (unpaired) electrons. The number of rotatable bonds is 6. The van der Waals surface area contributed by atoms with E-state index in [0.717, 1.165) is 36.9 Å². The van der Waals surface area contributed by atoms with Crippen molar-refractivity contribution in [3.05, 3.63) is 77.0 Å². The summed E-state index contributed by atoms with van der Waals surface area (Å²) in [4.78, 5) is 41.2. The molecule has 0 aliphatic carbocycles. The van der Waals surface area contributed by atoms with Crippen LogP contribution < -0.4 is 15.9 Å². The number of amidine groups is 1. The number of piperidine rings is 1. The number of aromatic nitrogens is 1. The maximum atomic E-state index is 13.1. The number of halogens is 3. The lowest BCUT2D eigenvalue weighted by Gasteiger charge is -2.39. The largest absolute Gasteiger partial charge is 0.493 e. The van der Waals surface area contributed by atoms with Crippen LogP contribution in [0.15, 0.2) is 70.3 Å². The molecule has 1 unspecified atom stereocenters. The van der Waals surface area contributed by atoms with Crippen molar-refractivity contribution >= 4 is 29.7 Å². The molecule has 44 heavy (non-hydrogen) atoms. The predicted octanol–water partition coefficient (Wildman–Crippen LogP) is 5.01. The summed E-state index contributed by atoms with van der Waals surface area (Å²) in [6, 6.07) is 6.49.